The number of pyridine rings is 2. The first-order valence-corrected chi connectivity index (χ1v) is 6.35. The van der Waals surface area contributed by atoms with E-state index in [9.17, 15) is 9.18 Å². The van der Waals surface area contributed by atoms with E-state index in [0.29, 0.717) is 27.1 Å². The highest BCUT2D eigenvalue weighted by Gasteiger charge is 2.10. The van der Waals surface area contributed by atoms with E-state index in [0.717, 1.165) is 0 Å². The predicted molar refractivity (Wildman–Crippen MR) is 77.4 cm³/mol. The maximum absolute atomic E-state index is 14.2. The van der Waals surface area contributed by atoms with Gasteiger partial charge in [-0.3, -0.25) is 9.78 Å². The van der Waals surface area contributed by atoms with Crippen LogP contribution in [0.3, 0.4) is 0 Å². The van der Waals surface area contributed by atoms with Crippen molar-refractivity contribution in [3.8, 4) is 11.3 Å². The first kappa shape index (κ1) is 12.8. The fourth-order valence-corrected chi connectivity index (χ4v) is 2.21. The molecule has 3 nitrogen and oxygen atoms in total. The smallest absolute Gasteiger partial charge is 0.258 e. The van der Waals surface area contributed by atoms with Gasteiger partial charge in [0.1, 0.15) is 5.82 Å². The van der Waals surface area contributed by atoms with Crippen LogP contribution in [-0.4, -0.2) is 9.55 Å². The molecule has 3 rings (SSSR count). The van der Waals surface area contributed by atoms with Crippen LogP contribution in [0.1, 0.15) is 0 Å². The molecule has 0 saturated carbocycles. The summed E-state index contributed by atoms with van der Waals surface area (Å²) in [6, 6.07) is 7.95. The molecule has 0 bridgehead atoms. The number of nitrogens with zero attached hydrogens (tertiary/aromatic N) is 2. The van der Waals surface area contributed by atoms with Crippen molar-refractivity contribution < 1.29 is 4.39 Å². The van der Waals surface area contributed by atoms with Crippen LogP contribution in [0.4, 0.5) is 4.39 Å². The predicted octanol–water partition coefficient (Wildman–Crippen LogP) is 3.39. The molecule has 0 unspecified atom stereocenters. The van der Waals surface area contributed by atoms with Gasteiger partial charge < -0.3 is 4.57 Å². The molecule has 0 fully saturated rings. The fraction of sp³-hybridized carbons (Fsp3) is 0.0667. The molecule has 0 saturated heterocycles. The quantitative estimate of drug-likeness (QED) is 0.688. The van der Waals surface area contributed by atoms with E-state index in [1.807, 2.05) is 0 Å². The Bertz CT molecular complexity index is 856. The summed E-state index contributed by atoms with van der Waals surface area (Å²) in [6.07, 6.45) is 3.12. The zero-order valence-electron chi connectivity index (χ0n) is 10.6. The van der Waals surface area contributed by atoms with Crippen LogP contribution in [0.25, 0.3) is 22.0 Å². The van der Waals surface area contributed by atoms with Crippen molar-refractivity contribution in [3.63, 3.8) is 0 Å². The Morgan fingerprint density at radius 3 is 2.75 bits per heavy atom. The molecule has 0 aliphatic rings. The fourth-order valence-electron chi connectivity index (χ4n) is 2.09. The number of hydrogen-bond acceptors (Lipinski definition) is 2. The molecule has 0 radical (unpaired) electrons. The Kier molecular flexibility index (Phi) is 3.03. The summed E-state index contributed by atoms with van der Waals surface area (Å²) in [5.74, 6) is -0.476. The van der Waals surface area contributed by atoms with E-state index in [1.165, 1.54) is 16.8 Å². The zero-order valence-corrected chi connectivity index (χ0v) is 11.4. The Balaban J connectivity index is 2.28. The van der Waals surface area contributed by atoms with Gasteiger partial charge in [-0.15, -0.1) is 0 Å². The molecule has 2 heterocycles. The summed E-state index contributed by atoms with van der Waals surface area (Å²) < 4.78 is 15.6. The molecule has 0 amide bonds. The lowest BCUT2D eigenvalue weighted by Crippen LogP contribution is -2.15. The molecule has 20 heavy (non-hydrogen) atoms. The second-order valence-corrected chi connectivity index (χ2v) is 4.95. The van der Waals surface area contributed by atoms with Gasteiger partial charge in [0.05, 0.1) is 16.1 Å². The van der Waals surface area contributed by atoms with Gasteiger partial charge in [0.2, 0.25) is 0 Å². The molecular weight excluding hydrogens is 279 g/mol. The number of halogens is 2. The van der Waals surface area contributed by atoms with E-state index in [1.54, 1.807) is 37.5 Å². The van der Waals surface area contributed by atoms with Crippen molar-refractivity contribution in [1.29, 1.82) is 0 Å². The number of aryl methyl sites for hydroxylation is 1. The lowest BCUT2D eigenvalue weighted by Gasteiger charge is -2.06. The zero-order chi connectivity index (χ0) is 14.3. The molecule has 3 aromatic rings. The van der Waals surface area contributed by atoms with Crippen LogP contribution in [0.2, 0.25) is 5.02 Å². The molecular formula is C15H10ClFN2O. The van der Waals surface area contributed by atoms with Gasteiger partial charge >= 0.3 is 0 Å². The largest absolute Gasteiger partial charge is 0.318 e. The summed E-state index contributed by atoms with van der Waals surface area (Å²) in [7, 11) is 1.63. The van der Waals surface area contributed by atoms with Crippen molar-refractivity contribution >= 4 is 22.4 Å². The molecule has 1 aromatic carbocycles. The van der Waals surface area contributed by atoms with Crippen molar-refractivity contribution in [1.82, 2.24) is 9.55 Å². The molecule has 0 N–H and O–H groups in total. The number of hydrogen-bond donors (Lipinski definition) is 0. The minimum Gasteiger partial charge on any atom is -0.318 e. The summed E-state index contributed by atoms with van der Waals surface area (Å²) in [5, 5.41) is 1.52. The third-order valence-corrected chi connectivity index (χ3v) is 3.39. The van der Waals surface area contributed by atoms with E-state index in [-0.39, 0.29) is 5.56 Å². The SMILES string of the molecule is Cn1ccc2cc(-c3ccc(Cl)cn3)c(F)cc2c1=O. The van der Waals surface area contributed by atoms with Crippen LogP contribution < -0.4 is 5.56 Å². The van der Waals surface area contributed by atoms with Crippen molar-refractivity contribution in [2.45, 2.75) is 0 Å². The van der Waals surface area contributed by atoms with Crippen LogP contribution in [0.5, 0.6) is 0 Å². The highest BCUT2D eigenvalue weighted by Crippen LogP contribution is 2.25. The Hall–Kier alpha value is -2.20. The van der Waals surface area contributed by atoms with Crippen molar-refractivity contribution in [3.05, 3.63) is 63.9 Å². The minimum absolute atomic E-state index is 0.225. The summed E-state index contributed by atoms with van der Waals surface area (Å²) in [5.41, 5.74) is 0.605. The third kappa shape index (κ3) is 2.08. The first-order valence-electron chi connectivity index (χ1n) is 5.97. The van der Waals surface area contributed by atoms with Gasteiger partial charge in [0, 0.05) is 25.0 Å². The summed E-state index contributed by atoms with van der Waals surface area (Å²) in [6.45, 7) is 0. The van der Waals surface area contributed by atoms with Gasteiger partial charge in [0.15, 0.2) is 0 Å². The van der Waals surface area contributed by atoms with Crippen LogP contribution >= 0.6 is 11.6 Å². The maximum Gasteiger partial charge on any atom is 0.258 e. The molecule has 0 atom stereocenters. The Labute approximate surface area is 119 Å². The number of fused-ring (bicyclic) bond motifs is 1. The maximum atomic E-state index is 14.2. The average molecular weight is 289 g/mol. The summed E-state index contributed by atoms with van der Waals surface area (Å²) >= 11 is 5.77. The standard InChI is InChI=1S/C15H10ClFN2O/c1-19-5-4-9-6-12(13(17)7-11(9)15(19)20)14-3-2-10(16)8-18-14/h2-8H,1H3. The van der Waals surface area contributed by atoms with Crippen molar-refractivity contribution in [2.24, 2.45) is 7.05 Å². The molecule has 100 valence electrons. The molecule has 0 aliphatic heterocycles. The van der Waals surface area contributed by atoms with Crippen molar-refractivity contribution in [2.75, 3.05) is 0 Å². The number of benzene rings is 1. The highest BCUT2D eigenvalue weighted by molar-refractivity contribution is 6.30. The lowest BCUT2D eigenvalue weighted by molar-refractivity contribution is 0.632. The second kappa shape index (κ2) is 4.72. The second-order valence-electron chi connectivity index (χ2n) is 4.51. The van der Waals surface area contributed by atoms with E-state index < -0.39 is 5.82 Å². The third-order valence-electron chi connectivity index (χ3n) is 3.17. The molecule has 5 heteroatoms. The van der Waals surface area contributed by atoms with Gasteiger partial charge in [-0.05, 0) is 35.7 Å². The highest BCUT2D eigenvalue weighted by atomic mass is 35.5. The van der Waals surface area contributed by atoms with Gasteiger partial charge in [0.25, 0.3) is 5.56 Å². The topological polar surface area (TPSA) is 34.9 Å². The molecule has 2 aromatic heterocycles. The minimum atomic E-state index is -0.476. The Morgan fingerprint density at radius 1 is 1.25 bits per heavy atom. The summed E-state index contributed by atoms with van der Waals surface area (Å²) in [4.78, 5) is 16.0. The molecule has 0 spiro atoms. The van der Waals surface area contributed by atoms with E-state index in [4.69, 9.17) is 11.6 Å². The van der Waals surface area contributed by atoms with Gasteiger partial charge in [-0.2, -0.15) is 0 Å². The van der Waals surface area contributed by atoms with E-state index in [2.05, 4.69) is 4.98 Å². The average Bonchev–Trinajstić information content (AvgIpc) is 2.44. The first-order chi connectivity index (χ1) is 9.56. The van der Waals surface area contributed by atoms with Gasteiger partial charge in [-0.1, -0.05) is 11.6 Å². The van der Waals surface area contributed by atoms with E-state index >= 15 is 0 Å². The monoisotopic (exact) mass is 288 g/mol. The van der Waals surface area contributed by atoms with Crippen LogP contribution in [-0.2, 0) is 7.05 Å². The molecule has 0 aliphatic carbocycles. The lowest BCUT2D eigenvalue weighted by atomic mass is 10.1. The number of aromatic nitrogens is 2. The van der Waals surface area contributed by atoms with Crippen LogP contribution in [0.15, 0.2) is 47.5 Å². The Morgan fingerprint density at radius 2 is 2.05 bits per heavy atom. The van der Waals surface area contributed by atoms with Crippen LogP contribution in [0, 0.1) is 5.82 Å². The normalized spacial score (nSPS) is 10.9. The number of rotatable bonds is 1. The van der Waals surface area contributed by atoms with Gasteiger partial charge in [-0.25, -0.2) is 4.39 Å².